The maximum atomic E-state index is 13.2. The van der Waals surface area contributed by atoms with Gasteiger partial charge >= 0.3 is 5.97 Å². The molecule has 3 atom stereocenters. The van der Waals surface area contributed by atoms with Crippen molar-refractivity contribution in [3.8, 4) is 5.75 Å². The molecular formula is C26H32N2O6S. The SMILES string of the molecule is Cc1cccc(C)c1OCC(=O)N[C@@H](Cc1ccccc1)[C@H](O)C(=O)N1CSC(C)(C)[C@H]1C(=O)O. The van der Waals surface area contributed by atoms with Gasteiger partial charge in [0.2, 0.25) is 0 Å². The number of para-hydroxylation sites is 1. The summed E-state index contributed by atoms with van der Waals surface area (Å²) < 4.78 is 5.02. The molecule has 2 aromatic carbocycles. The van der Waals surface area contributed by atoms with Gasteiger partial charge in [-0.05, 0) is 50.8 Å². The summed E-state index contributed by atoms with van der Waals surface area (Å²) in [7, 11) is 0. The second-order valence-corrected chi connectivity index (χ2v) is 10.8. The number of nitrogens with one attached hydrogen (secondary N) is 1. The number of hydrogen-bond donors (Lipinski definition) is 3. The van der Waals surface area contributed by atoms with Gasteiger partial charge in [-0.3, -0.25) is 9.59 Å². The Morgan fingerprint density at radius 2 is 1.74 bits per heavy atom. The number of amides is 2. The highest BCUT2D eigenvalue weighted by Crippen LogP contribution is 2.39. The number of rotatable bonds is 9. The molecule has 3 rings (SSSR count). The Morgan fingerprint density at radius 1 is 1.11 bits per heavy atom. The van der Waals surface area contributed by atoms with Crippen LogP contribution < -0.4 is 10.1 Å². The molecule has 1 aliphatic heterocycles. The van der Waals surface area contributed by atoms with Gasteiger partial charge in [0.25, 0.3) is 11.8 Å². The molecule has 0 radical (unpaired) electrons. The van der Waals surface area contributed by atoms with Crippen LogP contribution in [0.25, 0.3) is 0 Å². The molecule has 2 amide bonds. The van der Waals surface area contributed by atoms with Crippen molar-refractivity contribution in [3.05, 3.63) is 65.2 Å². The summed E-state index contributed by atoms with van der Waals surface area (Å²) in [4.78, 5) is 39.1. The summed E-state index contributed by atoms with van der Waals surface area (Å²) in [6.07, 6.45) is -1.44. The van der Waals surface area contributed by atoms with Crippen molar-refractivity contribution < 1.29 is 29.3 Å². The van der Waals surface area contributed by atoms with Crippen molar-refractivity contribution in [2.45, 2.75) is 57.1 Å². The lowest BCUT2D eigenvalue weighted by atomic mass is 9.97. The van der Waals surface area contributed by atoms with Crippen LogP contribution in [0.1, 0.15) is 30.5 Å². The Balaban J connectivity index is 1.76. The Kier molecular flexibility index (Phi) is 8.45. The first kappa shape index (κ1) is 26.6. The zero-order chi connectivity index (χ0) is 25.8. The number of thioether (sulfide) groups is 1. The van der Waals surface area contributed by atoms with Crippen molar-refractivity contribution in [2.24, 2.45) is 0 Å². The minimum atomic E-state index is -1.63. The van der Waals surface area contributed by atoms with E-state index in [0.717, 1.165) is 16.7 Å². The van der Waals surface area contributed by atoms with Crippen LogP contribution in [0, 0.1) is 13.8 Å². The minimum absolute atomic E-state index is 0.140. The molecule has 1 saturated heterocycles. The van der Waals surface area contributed by atoms with Crippen LogP contribution in [-0.4, -0.2) is 68.3 Å². The fourth-order valence-corrected chi connectivity index (χ4v) is 5.38. The molecule has 0 aliphatic carbocycles. The van der Waals surface area contributed by atoms with Gasteiger partial charge in [0.15, 0.2) is 12.7 Å². The third-order valence-electron chi connectivity index (χ3n) is 6.10. The number of carbonyl (C=O) groups is 3. The van der Waals surface area contributed by atoms with Crippen LogP contribution in [0.15, 0.2) is 48.5 Å². The van der Waals surface area contributed by atoms with Crippen LogP contribution in [-0.2, 0) is 20.8 Å². The normalized spacial score (nSPS) is 18.5. The predicted molar refractivity (Wildman–Crippen MR) is 134 cm³/mol. The van der Waals surface area contributed by atoms with Crippen molar-refractivity contribution in [1.29, 1.82) is 0 Å². The molecule has 8 nitrogen and oxygen atoms in total. The molecule has 35 heavy (non-hydrogen) atoms. The van der Waals surface area contributed by atoms with Gasteiger partial charge in [-0.1, -0.05) is 48.5 Å². The minimum Gasteiger partial charge on any atom is -0.483 e. The molecule has 188 valence electrons. The van der Waals surface area contributed by atoms with E-state index in [1.807, 2.05) is 62.4 Å². The van der Waals surface area contributed by atoms with E-state index in [4.69, 9.17) is 4.74 Å². The van der Waals surface area contributed by atoms with Gasteiger partial charge in [0.05, 0.1) is 11.9 Å². The lowest BCUT2D eigenvalue weighted by Crippen LogP contribution is -2.57. The molecule has 1 heterocycles. The van der Waals surface area contributed by atoms with Crippen LogP contribution in [0.3, 0.4) is 0 Å². The van der Waals surface area contributed by atoms with Gasteiger partial charge in [-0.2, -0.15) is 0 Å². The number of nitrogens with zero attached hydrogens (tertiary/aromatic N) is 1. The van der Waals surface area contributed by atoms with Gasteiger partial charge in [-0.25, -0.2) is 4.79 Å². The highest BCUT2D eigenvalue weighted by Gasteiger charge is 2.50. The van der Waals surface area contributed by atoms with E-state index in [0.29, 0.717) is 5.75 Å². The number of aliphatic hydroxyl groups is 1. The Labute approximate surface area is 209 Å². The number of benzene rings is 2. The summed E-state index contributed by atoms with van der Waals surface area (Å²) in [6.45, 7) is 6.99. The largest absolute Gasteiger partial charge is 0.483 e. The molecule has 0 bridgehead atoms. The van der Waals surface area contributed by atoms with Crippen molar-refractivity contribution in [2.75, 3.05) is 12.5 Å². The number of aliphatic carboxylic acids is 1. The third kappa shape index (κ3) is 6.35. The molecule has 9 heteroatoms. The van der Waals surface area contributed by atoms with Gasteiger partial charge in [0.1, 0.15) is 11.8 Å². The molecule has 0 unspecified atom stereocenters. The van der Waals surface area contributed by atoms with E-state index >= 15 is 0 Å². The maximum absolute atomic E-state index is 13.2. The van der Waals surface area contributed by atoms with E-state index in [9.17, 15) is 24.6 Å². The molecule has 2 aromatic rings. The van der Waals surface area contributed by atoms with Crippen molar-refractivity contribution in [3.63, 3.8) is 0 Å². The topological polar surface area (TPSA) is 116 Å². The first-order valence-corrected chi connectivity index (χ1v) is 12.4. The molecular weight excluding hydrogens is 468 g/mol. The molecule has 3 N–H and O–H groups in total. The second kappa shape index (κ2) is 11.1. The van der Waals surface area contributed by atoms with E-state index in [-0.39, 0.29) is 18.9 Å². The monoisotopic (exact) mass is 500 g/mol. The number of carboxylic acids is 1. The summed E-state index contributed by atoms with van der Waals surface area (Å²) in [5, 5.41) is 23.5. The van der Waals surface area contributed by atoms with Crippen LogP contribution in [0.5, 0.6) is 5.75 Å². The zero-order valence-electron chi connectivity index (χ0n) is 20.4. The number of aryl methyl sites for hydroxylation is 2. The first-order chi connectivity index (χ1) is 16.5. The predicted octanol–water partition coefficient (Wildman–Crippen LogP) is 2.54. The Morgan fingerprint density at radius 3 is 2.34 bits per heavy atom. The van der Waals surface area contributed by atoms with Gasteiger partial charge in [0, 0.05) is 4.75 Å². The number of hydrogen-bond acceptors (Lipinski definition) is 6. The van der Waals surface area contributed by atoms with E-state index in [1.165, 1.54) is 16.7 Å². The average molecular weight is 501 g/mol. The molecule has 0 aromatic heterocycles. The number of ether oxygens (including phenoxy) is 1. The average Bonchev–Trinajstić information content (AvgIpc) is 3.13. The highest BCUT2D eigenvalue weighted by atomic mass is 32.2. The zero-order valence-corrected chi connectivity index (χ0v) is 21.2. The number of carboxylic acid groups (broad SMARTS) is 1. The quantitative estimate of drug-likeness (QED) is 0.485. The van der Waals surface area contributed by atoms with Gasteiger partial charge in [-0.15, -0.1) is 11.8 Å². The fourth-order valence-electron chi connectivity index (χ4n) is 4.25. The van der Waals surface area contributed by atoms with E-state index < -0.39 is 40.7 Å². The first-order valence-electron chi connectivity index (χ1n) is 11.4. The summed E-state index contributed by atoms with van der Waals surface area (Å²) >= 11 is 1.33. The lowest BCUT2D eigenvalue weighted by molar-refractivity contribution is -0.154. The van der Waals surface area contributed by atoms with Crippen LogP contribution in [0.4, 0.5) is 0 Å². The second-order valence-electron chi connectivity index (χ2n) is 9.24. The molecule has 1 fully saturated rings. The van der Waals surface area contributed by atoms with E-state index in [2.05, 4.69) is 5.32 Å². The summed E-state index contributed by atoms with van der Waals surface area (Å²) in [5.74, 6) is -1.61. The van der Waals surface area contributed by atoms with Crippen LogP contribution in [0.2, 0.25) is 0 Å². The number of carbonyl (C=O) groups excluding carboxylic acids is 2. The Hall–Kier alpha value is -3.04. The number of aliphatic hydroxyl groups excluding tert-OH is 1. The Bertz CT molecular complexity index is 1050. The summed E-state index contributed by atoms with van der Waals surface area (Å²) in [5.41, 5.74) is 2.59. The lowest BCUT2D eigenvalue weighted by Gasteiger charge is -2.31. The maximum Gasteiger partial charge on any atom is 0.327 e. The summed E-state index contributed by atoms with van der Waals surface area (Å²) in [6, 6.07) is 12.8. The van der Waals surface area contributed by atoms with Crippen molar-refractivity contribution >= 4 is 29.5 Å². The van der Waals surface area contributed by atoms with Gasteiger partial charge < -0.3 is 25.2 Å². The van der Waals surface area contributed by atoms with E-state index in [1.54, 1.807) is 13.8 Å². The molecule has 1 aliphatic rings. The fraction of sp³-hybridized carbons (Fsp3) is 0.423. The highest BCUT2D eigenvalue weighted by molar-refractivity contribution is 8.00. The third-order valence-corrected chi connectivity index (χ3v) is 7.47. The standard InChI is InChI=1S/C26H32N2O6S/c1-16-9-8-10-17(2)22(16)34-14-20(29)27-19(13-18-11-6-5-7-12-18)21(30)24(31)28-15-35-26(3,4)23(28)25(32)33/h5-12,19,21,23,30H,13-15H2,1-4H3,(H,27,29)(H,32,33)/t19-,21-,23+/m0/s1. The molecule has 0 saturated carbocycles. The molecule has 0 spiro atoms. The van der Waals surface area contributed by atoms with Crippen LogP contribution >= 0.6 is 11.8 Å². The smallest absolute Gasteiger partial charge is 0.327 e. The van der Waals surface area contributed by atoms with Crippen molar-refractivity contribution in [1.82, 2.24) is 10.2 Å².